The van der Waals surface area contributed by atoms with Crippen molar-refractivity contribution >= 4 is 23.0 Å². The highest BCUT2D eigenvalue weighted by atomic mass is 16.6. The molecule has 118 valence electrons. The van der Waals surface area contributed by atoms with Crippen molar-refractivity contribution in [3.05, 3.63) is 30.0 Å². The van der Waals surface area contributed by atoms with Crippen LogP contribution in [-0.2, 0) is 16.0 Å². The number of benzene rings is 1. The molecule has 0 saturated heterocycles. The number of ether oxygens (including phenoxy) is 1. The minimum Gasteiger partial charge on any atom is -0.480 e. The molecule has 2 rings (SSSR count). The van der Waals surface area contributed by atoms with Crippen LogP contribution < -0.4 is 5.32 Å². The van der Waals surface area contributed by atoms with Crippen LogP contribution in [0.15, 0.2) is 24.3 Å². The summed E-state index contributed by atoms with van der Waals surface area (Å²) in [7, 11) is 0. The lowest BCUT2D eigenvalue weighted by molar-refractivity contribution is -0.139. The second kappa shape index (κ2) is 6.05. The van der Waals surface area contributed by atoms with E-state index in [2.05, 4.69) is 15.5 Å². The molecule has 1 aromatic heterocycles. The minimum absolute atomic E-state index is 0.0924. The SMILES string of the molecule is CC(C)(C)OC(=O)N[C@H](Cc1[nH]nc2ccccc12)C(=O)O. The average molecular weight is 305 g/mol. The molecule has 0 aliphatic carbocycles. The van der Waals surface area contributed by atoms with Crippen molar-refractivity contribution in [2.75, 3.05) is 0 Å². The van der Waals surface area contributed by atoms with E-state index < -0.39 is 23.7 Å². The van der Waals surface area contributed by atoms with Crippen LogP contribution in [-0.4, -0.2) is 39.0 Å². The number of hydrogen-bond acceptors (Lipinski definition) is 4. The van der Waals surface area contributed by atoms with Crippen LogP contribution in [0.5, 0.6) is 0 Å². The number of alkyl carbamates (subject to hydrolysis) is 1. The van der Waals surface area contributed by atoms with Gasteiger partial charge in [0.2, 0.25) is 0 Å². The van der Waals surface area contributed by atoms with Crippen molar-refractivity contribution in [3.63, 3.8) is 0 Å². The summed E-state index contributed by atoms with van der Waals surface area (Å²) in [5.74, 6) is -1.13. The Hall–Kier alpha value is -2.57. The number of rotatable bonds is 4. The number of carbonyl (C=O) groups excluding carboxylic acids is 1. The van der Waals surface area contributed by atoms with E-state index in [9.17, 15) is 14.7 Å². The zero-order chi connectivity index (χ0) is 16.3. The van der Waals surface area contributed by atoms with Crippen LogP contribution >= 0.6 is 0 Å². The standard InChI is InChI=1S/C15H19N3O4/c1-15(2,3)22-14(21)16-12(13(19)20)8-11-9-6-4-5-7-10(9)17-18-11/h4-7,12H,8H2,1-3H3,(H,16,21)(H,17,18)(H,19,20)/t12-/m1/s1. The number of aromatic amines is 1. The van der Waals surface area contributed by atoms with E-state index in [-0.39, 0.29) is 6.42 Å². The van der Waals surface area contributed by atoms with Gasteiger partial charge in [0.25, 0.3) is 0 Å². The predicted molar refractivity (Wildman–Crippen MR) is 80.6 cm³/mol. The predicted octanol–water partition coefficient (Wildman–Crippen LogP) is 2.08. The molecule has 0 saturated carbocycles. The first-order valence-corrected chi connectivity index (χ1v) is 6.90. The number of fused-ring (bicyclic) bond motifs is 1. The van der Waals surface area contributed by atoms with Crippen molar-refractivity contribution in [2.24, 2.45) is 0 Å². The maximum Gasteiger partial charge on any atom is 0.408 e. The molecule has 0 spiro atoms. The monoisotopic (exact) mass is 305 g/mol. The number of amides is 1. The van der Waals surface area contributed by atoms with Gasteiger partial charge in [-0.3, -0.25) is 5.10 Å². The number of carboxylic acid groups (broad SMARTS) is 1. The summed E-state index contributed by atoms with van der Waals surface area (Å²) in [5, 5.41) is 19.4. The highest BCUT2D eigenvalue weighted by Gasteiger charge is 2.25. The number of nitrogens with one attached hydrogen (secondary N) is 2. The van der Waals surface area contributed by atoms with E-state index in [1.165, 1.54) is 0 Å². The summed E-state index contributed by atoms with van der Waals surface area (Å²) >= 11 is 0. The number of hydrogen-bond donors (Lipinski definition) is 3. The van der Waals surface area contributed by atoms with E-state index in [0.717, 1.165) is 10.9 Å². The van der Waals surface area contributed by atoms with Gasteiger partial charge in [-0.2, -0.15) is 5.10 Å². The maximum atomic E-state index is 11.7. The Bertz CT molecular complexity index is 687. The number of aromatic nitrogens is 2. The highest BCUT2D eigenvalue weighted by molar-refractivity contribution is 5.84. The fourth-order valence-electron chi connectivity index (χ4n) is 2.02. The van der Waals surface area contributed by atoms with Gasteiger partial charge in [0.15, 0.2) is 0 Å². The van der Waals surface area contributed by atoms with Gasteiger partial charge in [0, 0.05) is 17.5 Å². The number of nitrogens with zero attached hydrogens (tertiary/aromatic N) is 1. The molecule has 2 aromatic rings. The molecule has 0 fully saturated rings. The second-order valence-electron chi connectivity index (χ2n) is 5.96. The van der Waals surface area contributed by atoms with Gasteiger partial charge in [0.05, 0.1) is 5.52 Å². The van der Waals surface area contributed by atoms with Crippen molar-refractivity contribution in [3.8, 4) is 0 Å². The normalized spacial score (nSPS) is 12.9. The third-order valence-electron chi connectivity index (χ3n) is 2.94. The van der Waals surface area contributed by atoms with Crippen LogP contribution in [0.4, 0.5) is 4.79 Å². The van der Waals surface area contributed by atoms with Crippen molar-refractivity contribution < 1.29 is 19.4 Å². The molecular formula is C15H19N3O4. The molecule has 0 unspecified atom stereocenters. The molecule has 1 heterocycles. The smallest absolute Gasteiger partial charge is 0.408 e. The first-order chi connectivity index (χ1) is 10.3. The maximum absolute atomic E-state index is 11.7. The topological polar surface area (TPSA) is 104 Å². The van der Waals surface area contributed by atoms with Crippen molar-refractivity contribution in [1.82, 2.24) is 15.5 Å². The largest absolute Gasteiger partial charge is 0.480 e. The van der Waals surface area contributed by atoms with Gasteiger partial charge in [-0.1, -0.05) is 18.2 Å². The molecule has 1 aromatic carbocycles. The number of carbonyl (C=O) groups is 2. The summed E-state index contributed by atoms with van der Waals surface area (Å²) in [6, 6.07) is 6.27. The summed E-state index contributed by atoms with van der Waals surface area (Å²) in [6.45, 7) is 5.14. The summed E-state index contributed by atoms with van der Waals surface area (Å²) in [5.41, 5.74) is 0.714. The molecule has 1 atom stereocenters. The molecule has 0 aliphatic rings. The Kier molecular flexibility index (Phi) is 4.35. The number of H-pyrrole nitrogens is 1. The lowest BCUT2D eigenvalue weighted by atomic mass is 10.1. The highest BCUT2D eigenvalue weighted by Crippen LogP contribution is 2.17. The van der Waals surface area contributed by atoms with E-state index >= 15 is 0 Å². The summed E-state index contributed by atoms with van der Waals surface area (Å²) in [4.78, 5) is 23.1. The van der Waals surface area contributed by atoms with Gasteiger partial charge in [-0.25, -0.2) is 9.59 Å². The van der Waals surface area contributed by atoms with Gasteiger partial charge < -0.3 is 15.2 Å². The Morgan fingerprint density at radius 2 is 2.05 bits per heavy atom. The van der Waals surface area contributed by atoms with Crippen LogP contribution in [0.3, 0.4) is 0 Å². The molecule has 22 heavy (non-hydrogen) atoms. The number of para-hydroxylation sites is 1. The van der Waals surface area contributed by atoms with Gasteiger partial charge >= 0.3 is 12.1 Å². The Morgan fingerprint density at radius 1 is 1.36 bits per heavy atom. The first-order valence-electron chi connectivity index (χ1n) is 6.90. The van der Waals surface area contributed by atoms with Gasteiger partial charge in [-0.05, 0) is 26.8 Å². The lowest BCUT2D eigenvalue weighted by Crippen LogP contribution is -2.44. The number of aliphatic carboxylic acids is 1. The molecule has 0 aliphatic heterocycles. The molecule has 7 nitrogen and oxygen atoms in total. The lowest BCUT2D eigenvalue weighted by Gasteiger charge is -2.21. The fraction of sp³-hybridized carbons (Fsp3) is 0.400. The van der Waals surface area contributed by atoms with Crippen LogP contribution in [0.25, 0.3) is 10.9 Å². The molecular weight excluding hydrogens is 286 g/mol. The third-order valence-corrected chi connectivity index (χ3v) is 2.94. The Morgan fingerprint density at radius 3 is 2.68 bits per heavy atom. The van der Waals surface area contributed by atoms with Crippen LogP contribution in [0.1, 0.15) is 26.5 Å². The average Bonchev–Trinajstić information content (AvgIpc) is 2.79. The summed E-state index contributed by atoms with van der Waals surface area (Å²) < 4.78 is 5.09. The van der Waals surface area contributed by atoms with Crippen LogP contribution in [0, 0.1) is 0 Å². The molecule has 0 bridgehead atoms. The molecule has 3 N–H and O–H groups in total. The fourth-order valence-corrected chi connectivity index (χ4v) is 2.02. The second-order valence-corrected chi connectivity index (χ2v) is 5.96. The van der Waals surface area contributed by atoms with Crippen LogP contribution in [0.2, 0.25) is 0 Å². The first kappa shape index (κ1) is 15.8. The van der Waals surface area contributed by atoms with Gasteiger partial charge in [0.1, 0.15) is 11.6 Å². The zero-order valence-electron chi connectivity index (χ0n) is 12.7. The zero-order valence-corrected chi connectivity index (χ0v) is 12.7. The van der Waals surface area contributed by atoms with E-state index in [4.69, 9.17) is 4.74 Å². The third kappa shape index (κ3) is 3.97. The molecule has 1 amide bonds. The van der Waals surface area contributed by atoms with E-state index in [0.29, 0.717) is 5.69 Å². The van der Waals surface area contributed by atoms with Crippen molar-refractivity contribution in [1.29, 1.82) is 0 Å². The Labute approximate surface area is 127 Å². The molecule has 7 heteroatoms. The van der Waals surface area contributed by atoms with Crippen molar-refractivity contribution in [2.45, 2.75) is 38.8 Å². The number of carboxylic acids is 1. The van der Waals surface area contributed by atoms with E-state index in [1.54, 1.807) is 20.8 Å². The van der Waals surface area contributed by atoms with Gasteiger partial charge in [-0.15, -0.1) is 0 Å². The minimum atomic E-state index is -1.13. The summed E-state index contributed by atoms with van der Waals surface area (Å²) in [6.07, 6.45) is -0.668. The Balaban J connectivity index is 2.12. The van der Waals surface area contributed by atoms with E-state index in [1.807, 2.05) is 24.3 Å². The quantitative estimate of drug-likeness (QED) is 0.802. The molecule has 0 radical (unpaired) electrons.